The number of amides is 1. The Morgan fingerprint density at radius 3 is 2.52 bits per heavy atom. The number of carbonyl (C=O) groups is 1. The molecule has 0 spiro atoms. The van der Waals surface area contributed by atoms with Crippen LogP contribution in [0.15, 0.2) is 59.5 Å². The first-order chi connectivity index (χ1) is 15.9. The van der Waals surface area contributed by atoms with Gasteiger partial charge < -0.3 is 9.47 Å². The summed E-state index contributed by atoms with van der Waals surface area (Å²) < 4.78 is 13.7. The van der Waals surface area contributed by atoms with Crippen LogP contribution in [0.25, 0.3) is 6.08 Å². The Morgan fingerprint density at radius 2 is 1.82 bits per heavy atom. The van der Waals surface area contributed by atoms with Gasteiger partial charge in [-0.25, -0.2) is 0 Å². The third-order valence-corrected chi connectivity index (χ3v) is 6.50. The van der Waals surface area contributed by atoms with Crippen LogP contribution < -0.4 is 14.5 Å². The summed E-state index contributed by atoms with van der Waals surface area (Å²) in [5, 5.41) is 10.8. The van der Waals surface area contributed by atoms with E-state index in [0.717, 1.165) is 22.5 Å². The largest absolute Gasteiger partial charge is 0.493 e. The number of aromatic nitrogens is 1. The van der Waals surface area contributed by atoms with E-state index < -0.39 is 0 Å². The lowest BCUT2D eigenvalue weighted by molar-refractivity contribution is -0.114. The van der Waals surface area contributed by atoms with Crippen LogP contribution in [0.3, 0.4) is 0 Å². The molecule has 1 amide bonds. The van der Waals surface area contributed by atoms with Crippen LogP contribution >= 0.6 is 24.0 Å². The van der Waals surface area contributed by atoms with E-state index in [9.17, 15) is 10.1 Å². The predicted molar refractivity (Wildman–Crippen MR) is 134 cm³/mol. The van der Waals surface area contributed by atoms with Crippen LogP contribution in [0.2, 0.25) is 0 Å². The lowest BCUT2D eigenvalue weighted by Gasteiger charge is -2.20. The molecule has 0 bridgehead atoms. The number of aryl methyl sites for hydroxylation is 2. The van der Waals surface area contributed by atoms with E-state index in [-0.39, 0.29) is 12.5 Å². The summed E-state index contributed by atoms with van der Waals surface area (Å²) in [5.74, 6) is 0.916. The SMILES string of the molecule is COc1cc(/C=C2\SC(=S)N(n3c(C)ccc3C)C2=O)ccc1OCc1ccccc1C#N. The summed E-state index contributed by atoms with van der Waals surface area (Å²) in [4.78, 5) is 13.6. The number of nitriles is 1. The highest BCUT2D eigenvalue weighted by Gasteiger charge is 2.34. The molecule has 8 heteroatoms. The molecule has 2 aromatic carbocycles. The molecule has 33 heavy (non-hydrogen) atoms. The average molecular weight is 476 g/mol. The number of thiocarbonyl (C=S) groups is 1. The number of ether oxygens (including phenoxy) is 2. The van der Waals surface area contributed by atoms with Gasteiger partial charge in [0.2, 0.25) is 0 Å². The summed E-state index contributed by atoms with van der Waals surface area (Å²) in [6.45, 7) is 4.12. The lowest BCUT2D eigenvalue weighted by atomic mass is 10.1. The third-order valence-electron chi connectivity index (χ3n) is 5.21. The molecule has 4 rings (SSSR count). The van der Waals surface area contributed by atoms with Gasteiger partial charge in [-0.15, -0.1) is 0 Å². The monoisotopic (exact) mass is 475 g/mol. The summed E-state index contributed by atoms with van der Waals surface area (Å²) in [7, 11) is 1.56. The molecule has 0 unspecified atom stereocenters. The Hall–Kier alpha value is -3.54. The summed E-state index contributed by atoms with van der Waals surface area (Å²) in [6, 6.07) is 18.8. The molecule has 1 saturated heterocycles. The van der Waals surface area contributed by atoms with Crippen molar-refractivity contribution in [3.8, 4) is 17.6 Å². The fourth-order valence-electron chi connectivity index (χ4n) is 3.56. The average Bonchev–Trinajstić information content (AvgIpc) is 3.29. The Kier molecular flexibility index (Phi) is 6.54. The molecule has 0 saturated carbocycles. The fourth-order valence-corrected chi connectivity index (χ4v) is 4.81. The van der Waals surface area contributed by atoms with Crippen LogP contribution in [0, 0.1) is 25.2 Å². The van der Waals surface area contributed by atoms with Gasteiger partial charge in [0.05, 0.1) is 23.6 Å². The zero-order chi connectivity index (χ0) is 23.5. The van der Waals surface area contributed by atoms with Gasteiger partial charge in [-0.3, -0.25) is 9.47 Å². The maximum atomic E-state index is 13.1. The molecule has 3 aromatic rings. The van der Waals surface area contributed by atoms with Gasteiger partial charge in [0.25, 0.3) is 5.91 Å². The second-order valence-electron chi connectivity index (χ2n) is 7.39. The van der Waals surface area contributed by atoms with E-state index in [4.69, 9.17) is 21.7 Å². The molecule has 166 valence electrons. The van der Waals surface area contributed by atoms with Crippen molar-refractivity contribution < 1.29 is 14.3 Å². The Labute approximate surface area is 202 Å². The van der Waals surface area contributed by atoms with Gasteiger partial charge >= 0.3 is 0 Å². The van der Waals surface area contributed by atoms with Gasteiger partial charge in [0.15, 0.2) is 15.8 Å². The molecule has 6 nitrogen and oxygen atoms in total. The molecule has 0 atom stereocenters. The predicted octanol–water partition coefficient (Wildman–Crippen LogP) is 5.10. The van der Waals surface area contributed by atoms with Crippen LogP contribution in [-0.4, -0.2) is 22.0 Å². The molecule has 1 fully saturated rings. The summed E-state index contributed by atoms with van der Waals surface area (Å²) in [6.07, 6.45) is 1.80. The van der Waals surface area contributed by atoms with Crippen molar-refractivity contribution >= 4 is 40.3 Å². The van der Waals surface area contributed by atoms with Gasteiger partial charge in [0.1, 0.15) is 6.61 Å². The molecular formula is C25H21N3O3S2. The molecule has 2 heterocycles. The molecule has 0 N–H and O–H groups in total. The minimum atomic E-state index is -0.167. The molecule has 1 aliphatic rings. The number of thioether (sulfide) groups is 1. The smallest absolute Gasteiger partial charge is 0.285 e. The van der Waals surface area contributed by atoms with Crippen LogP contribution in [0.4, 0.5) is 0 Å². The quantitative estimate of drug-likeness (QED) is 0.365. The van der Waals surface area contributed by atoms with Crippen molar-refractivity contribution in [2.75, 3.05) is 12.1 Å². The molecule has 1 aliphatic heterocycles. The molecule has 1 aromatic heterocycles. The van der Waals surface area contributed by atoms with Crippen LogP contribution in [0.1, 0.15) is 28.1 Å². The van der Waals surface area contributed by atoms with Crippen LogP contribution in [0.5, 0.6) is 11.5 Å². The Balaban J connectivity index is 1.56. The highest BCUT2D eigenvalue weighted by atomic mass is 32.2. The van der Waals surface area contributed by atoms with Gasteiger partial charge in [0, 0.05) is 17.0 Å². The number of hydrogen-bond donors (Lipinski definition) is 0. The minimum Gasteiger partial charge on any atom is -0.493 e. The third kappa shape index (κ3) is 4.51. The van der Waals surface area contributed by atoms with Crippen molar-refractivity contribution in [2.24, 2.45) is 0 Å². The number of rotatable bonds is 6. The highest BCUT2D eigenvalue weighted by molar-refractivity contribution is 8.27. The zero-order valence-electron chi connectivity index (χ0n) is 18.4. The molecule has 0 aliphatic carbocycles. The van der Waals surface area contributed by atoms with Crippen molar-refractivity contribution in [2.45, 2.75) is 20.5 Å². The molecule has 0 radical (unpaired) electrons. The van der Waals surface area contributed by atoms with E-state index in [0.29, 0.717) is 26.3 Å². The van der Waals surface area contributed by atoms with E-state index in [1.165, 1.54) is 16.8 Å². The zero-order valence-corrected chi connectivity index (χ0v) is 20.0. The number of nitrogens with zero attached hydrogens (tertiary/aromatic N) is 3. The Morgan fingerprint density at radius 1 is 1.09 bits per heavy atom. The second-order valence-corrected chi connectivity index (χ2v) is 9.07. The lowest BCUT2D eigenvalue weighted by Crippen LogP contribution is -2.39. The first kappa shape index (κ1) is 22.6. The number of carbonyl (C=O) groups excluding carboxylic acids is 1. The number of benzene rings is 2. The standard InChI is InChI=1S/C25H21N3O3S2/c1-16-8-9-17(2)27(16)28-24(29)23(33-25(28)32)13-18-10-11-21(22(12-18)30-3)31-15-20-7-5-4-6-19(20)14-26/h4-13H,15H2,1-3H3/b23-13-. The normalized spacial score (nSPS) is 14.6. The van der Waals surface area contributed by atoms with Crippen molar-refractivity contribution in [1.29, 1.82) is 5.26 Å². The van der Waals surface area contributed by atoms with Gasteiger partial charge in [-0.1, -0.05) is 36.0 Å². The Bertz CT molecular complexity index is 1300. The molecular weight excluding hydrogens is 454 g/mol. The second kappa shape index (κ2) is 9.53. The number of hydrogen-bond acceptors (Lipinski definition) is 6. The maximum absolute atomic E-state index is 13.1. The minimum absolute atomic E-state index is 0.167. The summed E-state index contributed by atoms with van der Waals surface area (Å²) >= 11 is 6.75. The first-order valence-corrected chi connectivity index (χ1v) is 11.4. The summed E-state index contributed by atoms with van der Waals surface area (Å²) in [5.41, 5.74) is 4.03. The maximum Gasteiger partial charge on any atom is 0.285 e. The van der Waals surface area contributed by atoms with E-state index >= 15 is 0 Å². The van der Waals surface area contributed by atoms with Gasteiger partial charge in [-0.2, -0.15) is 10.3 Å². The van der Waals surface area contributed by atoms with Crippen molar-refractivity contribution in [3.05, 3.63) is 87.6 Å². The highest BCUT2D eigenvalue weighted by Crippen LogP contribution is 2.35. The topological polar surface area (TPSA) is 67.5 Å². The number of methoxy groups -OCH3 is 1. The van der Waals surface area contributed by atoms with Crippen LogP contribution in [-0.2, 0) is 11.4 Å². The van der Waals surface area contributed by atoms with Crippen molar-refractivity contribution in [3.63, 3.8) is 0 Å². The van der Waals surface area contributed by atoms with E-state index in [1.54, 1.807) is 25.3 Å². The van der Waals surface area contributed by atoms with E-state index in [1.807, 2.05) is 61.0 Å². The van der Waals surface area contributed by atoms with Crippen molar-refractivity contribution in [1.82, 2.24) is 4.68 Å². The fraction of sp³-hybridized carbons (Fsp3) is 0.160. The first-order valence-electron chi connectivity index (χ1n) is 10.1. The van der Waals surface area contributed by atoms with E-state index in [2.05, 4.69) is 6.07 Å². The van der Waals surface area contributed by atoms with Gasteiger partial charge in [-0.05, 0) is 68.0 Å².